The van der Waals surface area contributed by atoms with Crippen LogP contribution in [-0.2, 0) is 0 Å². The summed E-state index contributed by atoms with van der Waals surface area (Å²) in [7, 11) is 0. The first-order valence-electron chi connectivity index (χ1n) is 8.04. The van der Waals surface area contributed by atoms with Gasteiger partial charge in [-0.15, -0.1) is 0 Å². The van der Waals surface area contributed by atoms with Crippen LogP contribution in [0.15, 0.2) is 18.2 Å². The molecule has 2 saturated carbocycles. The molecule has 3 rings (SSSR count). The predicted octanol–water partition coefficient (Wildman–Crippen LogP) is 3.57. The van der Waals surface area contributed by atoms with Crippen molar-refractivity contribution in [2.45, 2.75) is 45.1 Å². The van der Waals surface area contributed by atoms with Crippen molar-refractivity contribution in [3.05, 3.63) is 29.6 Å². The maximum Gasteiger partial charge on any atom is 0.253 e. The maximum atomic E-state index is 14.0. The average molecular weight is 290 g/mol. The third kappa shape index (κ3) is 3.36. The molecule has 0 unspecified atom stereocenters. The molecule has 21 heavy (non-hydrogen) atoms. The van der Waals surface area contributed by atoms with E-state index in [1.54, 1.807) is 12.1 Å². The van der Waals surface area contributed by atoms with Crippen LogP contribution in [0, 0.1) is 17.7 Å². The second-order valence-corrected chi connectivity index (χ2v) is 6.26. The van der Waals surface area contributed by atoms with Crippen LogP contribution in [0.4, 0.5) is 10.1 Å². The van der Waals surface area contributed by atoms with Crippen molar-refractivity contribution in [1.82, 2.24) is 5.32 Å². The monoisotopic (exact) mass is 290 g/mol. The standard InChI is InChI=1S/C17H23FN2O/c1-2-10-19-16-13(4-3-5-14(16)18)17(21)20-15(11-6-7-11)12-8-9-12/h3-5,11-12,15,19H,2,6-10H2,1H3,(H,20,21). The van der Waals surface area contributed by atoms with Gasteiger partial charge in [-0.2, -0.15) is 0 Å². The minimum Gasteiger partial charge on any atom is -0.382 e. The van der Waals surface area contributed by atoms with Crippen molar-refractivity contribution >= 4 is 11.6 Å². The van der Waals surface area contributed by atoms with Gasteiger partial charge < -0.3 is 10.6 Å². The van der Waals surface area contributed by atoms with Crippen LogP contribution < -0.4 is 10.6 Å². The number of benzene rings is 1. The molecule has 1 aromatic carbocycles. The molecule has 0 aromatic heterocycles. The normalized spacial score (nSPS) is 17.9. The summed E-state index contributed by atoms with van der Waals surface area (Å²) in [6.45, 7) is 2.68. The highest BCUT2D eigenvalue weighted by Gasteiger charge is 2.42. The van der Waals surface area contributed by atoms with E-state index in [1.165, 1.54) is 31.7 Å². The zero-order chi connectivity index (χ0) is 14.8. The molecule has 0 aliphatic heterocycles. The topological polar surface area (TPSA) is 41.1 Å². The van der Waals surface area contributed by atoms with Crippen LogP contribution in [0.1, 0.15) is 49.4 Å². The predicted molar refractivity (Wildman–Crippen MR) is 81.9 cm³/mol. The van der Waals surface area contributed by atoms with E-state index in [1.807, 2.05) is 6.92 Å². The molecule has 0 saturated heterocycles. The first-order chi connectivity index (χ1) is 10.2. The van der Waals surface area contributed by atoms with Crippen molar-refractivity contribution in [2.24, 2.45) is 11.8 Å². The molecule has 4 heteroatoms. The Morgan fingerprint density at radius 2 is 1.95 bits per heavy atom. The third-order valence-corrected chi connectivity index (χ3v) is 4.37. The van der Waals surface area contributed by atoms with E-state index < -0.39 is 0 Å². The summed E-state index contributed by atoms with van der Waals surface area (Å²) >= 11 is 0. The van der Waals surface area contributed by atoms with Crippen molar-refractivity contribution < 1.29 is 9.18 Å². The molecule has 0 atom stereocenters. The van der Waals surface area contributed by atoms with Crippen LogP contribution in [0.25, 0.3) is 0 Å². The van der Waals surface area contributed by atoms with Crippen LogP contribution in [0.5, 0.6) is 0 Å². The lowest BCUT2D eigenvalue weighted by atomic mass is 10.1. The minimum atomic E-state index is -0.356. The van der Waals surface area contributed by atoms with Gasteiger partial charge in [0.1, 0.15) is 5.82 Å². The van der Waals surface area contributed by atoms with E-state index in [0.29, 0.717) is 35.7 Å². The first-order valence-corrected chi connectivity index (χ1v) is 8.04. The molecule has 1 amide bonds. The molecule has 0 spiro atoms. The number of amides is 1. The number of carbonyl (C=O) groups is 1. The third-order valence-electron chi connectivity index (χ3n) is 4.37. The summed E-state index contributed by atoms with van der Waals surface area (Å²) in [6.07, 6.45) is 5.75. The van der Waals surface area contributed by atoms with Gasteiger partial charge in [0.2, 0.25) is 0 Å². The van der Waals surface area contributed by atoms with Gasteiger partial charge in [0.25, 0.3) is 5.91 Å². The van der Waals surface area contributed by atoms with Gasteiger partial charge >= 0.3 is 0 Å². The quantitative estimate of drug-likeness (QED) is 0.806. The van der Waals surface area contributed by atoms with Gasteiger partial charge in [0.05, 0.1) is 11.3 Å². The molecule has 1 aromatic rings. The molecule has 2 aliphatic rings. The second-order valence-electron chi connectivity index (χ2n) is 6.26. The lowest BCUT2D eigenvalue weighted by Crippen LogP contribution is -2.38. The summed E-state index contributed by atoms with van der Waals surface area (Å²) in [5, 5.41) is 6.19. The molecule has 0 radical (unpaired) electrons. The SMILES string of the molecule is CCCNc1c(F)cccc1C(=O)NC(C1CC1)C1CC1. The van der Waals surface area contributed by atoms with E-state index in [-0.39, 0.29) is 11.7 Å². The van der Waals surface area contributed by atoms with Crippen molar-refractivity contribution in [2.75, 3.05) is 11.9 Å². The molecular formula is C17H23FN2O. The highest BCUT2D eigenvalue weighted by molar-refractivity contribution is 6.00. The fourth-order valence-corrected chi connectivity index (χ4v) is 2.90. The molecule has 114 valence electrons. The average Bonchev–Trinajstić information content (AvgIpc) is 3.36. The number of hydrogen-bond acceptors (Lipinski definition) is 2. The molecule has 2 N–H and O–H groups in total. The van der Waals surface area contributed by atoms with E-state index in [4.69, 9.17) is 0 Å². The van der Waals surface area contributed by atoms with Crippen molar-refractivity contribution in [3.8, 4) is 0 Å². The van der Waals surface area contributed by atoms with Gasteiger partial charge in [0.15, 0.2) is 0 Å². The fourth-order valence-electron chi connectivity index (χ4n) is 2.90. The van der Waals surface area contributed by atoms with E-state index in [9.17, 15) is 9.18 Å². The van der Waals surface area contributed by atoms with Crippen LogP contribution >= 0.6 is 0 Å². The number of rotatable bonds is 7. The Balaban J connectivity index is 1.75. The molecule has 2 aliphatic carbocycles. The Bertz CT molecular complexity index is 512. The number of para-hydroxylation sites is 1. The lowest BCUT2D eigenvalue weighted by Gasteiger charge is -2.19. The summed E-state index contributed by atoms with van der Waals surface area (Å²) in [6, 6.07) is 4.99. The van der Waals surface area contributed by atoms with Gasteiger partial charge in [-0.1, -0.05) is 13.0 Å². The van der Waals surface area contributed by atoms with Gasteiger partial charge in [-0.25, -0.2) is 4.39 Å². The number of anilines is 1. The highest BCUT2D eigenvalue weighted by Crippen LogP contribution is 2.44. The zero-order valence-corrected chi connectivity index (χ0v) is 12.5. The van der Waals surface area contributed by atoms with Crippen molar-refractivity contribution in [1.29, 1.82) is 0 Å². The largest absolute Gasteiger partial charge is 0.382 e. The zero-order valence-electron chi connectivity index (χ0n) is 12.5. The number of hydrogen-bond donors (Lipinski definition) is 2. The Morgan fingerprint density at radius 3 is 2.52 bits per heavy atom. The van der Waals surface area contributed by atoms with E-state index >= 15 is 0 Å². The number of carbonyl (C=O) groups excluding carboxylic acids is 1. The Labute approximate surface area is 125 Å². The van der Waals surface area contributed by atoms with Crippen molar-refractivity contribution in [3.63, 3.8) is 0 Å². The lowest BCUT2D eigenvalue weighted by molar-refractivity contribution is 0.0926. The molecule has 0 bridgehead atoms. The smallest absolute Gasteiger partial charge is 0.253 e. The summed E-state index contributed by atoms with van der Waals surface area (Å²) in [5.41, 5.74) is 0.761. The number of nitrogens with one attached hydrogen (secondary N) is 2. The van der Waals surface area contributed by atoms with E-state index in [0.717, 1.165) is 6.42 Å². The summed E-state index contributed by atoms with van der Waals surface area (Å²) in [5.74, 6) is 0.784. The van der Waals surface area contributed by atoms with Gasteiger partial charge in [-0.3, -0.25) is 4.79 Å². The maximum absolute atomic E-state index is 14.0. The van der Waals surface area contributed by atoms with Crippen LogP contribution in [-0.4, -0.2) is 18.5 Å². The molecule has 0 heterocycles. The van der Waals surface area contributed by atoms with Gasteiger partial charge in [0, 0.05) is 12.6 Å². The summed E-state index contributed by atoms with van der Waals surface area (Å²) < 4.78 is 14.0. The van der Waals surface area contributed by atoms with Crippen LogP contribution in [0.3, 0.4) is 0 Å². The molecule has 3 nitrogen and oxygen atoms in total. The Morgan fingerprint density at radius 1 is 1.29 bits per heavy atom. The first kappa shape index (κ1) is 14.4. The van der Waals surface area contributed by atoms with Gasteiger partial charge in [-0.05, 0) is 56.1 Å². The summed E-state index contributed by atoms with van der Waals surface area (Å²) in [4.78, 5) is 12.5. The van der Waals surface area contributed by atoms with E-state index in [2.05, 4.69) is 10.6 Å². The molecular weight excluding hydrogens is 267 g/mol. The second kappa shape index (κ2) is 6.04. The Hall–Kier alpha value is -1.58. The highest BCUT2D eigenvalue weighted by atomic mass is 19.1. The molecule has 2 fully saturated rings. The number of halogens is 1. The fraction of sp³-hybridized carbons (Fsp3) is 0.588. The minimum absolute atomic E-state index is 0.142. The Kier molecular flexibility index (Phi) is 4.13. The van der Waals surface area contributed by atoms with Crippen LogP contribution in [0.2, 0.25) is 0 Å².